The van der Waals surface area contributed by atoms with Crippen molar-refractivity contribution in [3.8, 4) is 22.5 Å². The van der Waals surface area contributed by atoms with Crippen LogP contribution in [0.2, 0.25) is 19.6 Å². The summed E-state index contributed by atoms with van der Waals surface area (Å²) in [5, 5.41) is 4.33. The maximum atomic E-state index is 4.52. The molecule has 1 aliphatic rings. The third-order valence-electron chi connectivity index (χ3n) is 8.03. The Kier molecular flexibility index (Phi) is 9.85. The zero-order chi connectivity index (χ0) is 28.2. The Morgan fingerprint density at radius 1 is 0.762 bits per heavy atom. The molecule has 42 heavy (non-hydrogen) atoms. The summed E-state index contributed by atoms with van der Waals surface area (Å²) >= 11 is 1.86. The van der Waals surface area contributed by atoms with E-state index in [0.29, 0.717) is 0 Å². The minimum absolute atomic E-state index is 0. The molecule has 7 rings (SSSR count). The molecule has 3 aromatic heterocycles. The van der Waals surface area contributed by atoms with Crippen molar-refractivity contribution in [2.45, 2.75) is 57.7 Å². The number of benzene rings is 3. The van der Waals surface area contributed by atoms with Gasteiger partial charge in [-0.25, -0.2) is 0 Å². The quantitative estimate of drug-likeness (QED) is 0.132. The van der Waals surface area contributed by atoms with Crippen LogP contribution in [0.25, 0.3) is 42.7 Å². The van der Waals surface area contributed by atoms with Gasteiger partial charge < -0.3 is 9.97 Å². The molecule has 1 radical (unpaired) electrons. The number of hydrogen-bond donors (Lipinski definition) is 0. The van der Waals surface area contributed by atoms with E-state index in [1.54, 1.807) is 5.19 Å². The van der Waals surface area contributed by atoms with Crippen molar-refractivity contribution in [1.82, 2.24) is 9.97 Å². The molecular formula is C37H36IrN2SSi-2. The van der Waals surface area contributed by atoms with Crippen molar-refractivity contribution in [2.24, 2.45) is 0 Å². The fourth-order valence-electron chi connectivity index (χ4n) is 5.95. The van der Waals surface area contributed by atoms with Crippen molar-refractivity contribution in [1.29, 1.82) is 0 Å². The Bertz CT molecular complexity index is 1750. The predicted molar refractivity (Wildman–Crippen MR) is 179 cm³/mol. The minimum atomic E-state index is -1.39. The van der Waals surface area contributed by atoms with E-state index < -0.39 is 8.07 Å². The standard InChI is InChI=1S/C20H18NSSi.C17H18N.Ir/c1-23(2,3)18-12-7-11-17-19(18)15-9-6-8-14(20(15)22-17)16-10-4-5-13-21-16;1-3-7-14(8-4-1)16-11-12-18-17(13-16)15-9-5-2-6-10-15;/h4-7,9-13H,1-3H3;2,5-6,9,11-14H,1,3-4,7-8H2;/q2*-1;. The van der Waals surface area contributed by atoms with Crippen molar-refractivity contribution in [2.75, 3.05) is 0 Å². The van der Waals surface area contributed by atoms with Crippen LogP contribution >= 0.6 is 11.3 Å². The molecule has 5 heteroatoms. The number of rotatable bonds is 4. The smallest absolute Gasteiger partial charge is 0.0783 e. The molecule has 3 aromatic carbocycles. The average molecular weight is 761 g/mol. The second-order valence-electron chi connectivity index (χ2n) is 11.9. The predicted octanol–water partition coefficient (Wildman–Crippen LogP) is 10.1. The van der Waals surface area contributed by atoms with E-state index in [0.717, 1.165) is 28.4 Å². The summed E-state index contributed by atoms with van der Waals surface area (Å²) in [5.74, 6) is 0.740. The van der Waals surface area contributed by atoms with Gasteiger partial charge in [-0.05, 0) is 58.4 Å². The number of aromatic nitrogens is 2. The summed E-state index contributed by atoms with van der Waals surface area (Å²) in [6, 6.07) is 36.2. The molecule has 0 N–H and O–H groups in total. The fraction of sp³-hybridized carbons (Fsp3) is 0.243. The summed E-state index contributed by atoms with van der Waals surface area (Å²) in [6.07, 6.45) is 10.6. The number of pyridine rings is 2. The van der Waals surface area contributed by atoms with E-state index in [1.165, 1.54) is 57.8 Å². The van der Waals surface area contributed by atoms with Gasteiger partial charge >= 0.3 is 0 Å². The van der Waals surface area contributed by atoms with Crippen LogP contribution in [0.5, 0.6) is 0 Å². The van der Waals surface area contributed by atoms with Gasteiger partial charge in [-0.2, -0.15) is 11.3 Å². The Labute approximate surface area is 268 Å². The van der Waals surface area contributed by atoms with Gasteiger partial charge in [0.25, 0.3) is 0 Å². The molecule has 0 atom stereocenters. The minimum Gasteiger partial charge on any atom is -0.305 e. The van der Waals surface area contributed by atoms with Crippen molar-refractivity contribution in [3.05, 3.63) is 115 Å². The van der Waals surface area contributed by atoms with E-state index in [2.05, 4.69) is 90.3 Å². The molecule has 215 valence electrons. The average Bonchev–Trinajstić information content (AvgIpc) is 3.41. The topological polar surface area (TPSA) is 25.8 Å². The first kappa shape index (κ1) is 30.5. The first-order chi connectivity index (χ1) is 20.0. The summed E-state index contributed by atoms with van der Waals surface area (Å²) in [4.78, 5) is 9.00. The van der Waals surface area contributed by atoms with Gasteiger partial charge in [-0.1, -0.05) is 85.4 Å². The zero-order valence-corrected chi connectivity index (χ0v) is 28.7. The van der Waals surface area contributed by atoms with E-state index in [-0.39, 0.29) is 20.1 Å². The first-order valence-electron chi connectivity index (χ1n) is 14.7. The van der Waals surface area contributed by atoms with E-state index in [4.69, 9.17) is 0 Å². The van der Waals surface area contributed by atoms with Crippen LogP contribution in [0.3, 0.4) is 0 Å². The number of fused-ring (bicyclic) bond motifs is 3. The molecular weight excluding hydrogens is 725 g/mol. The number of thiophene rings is 1. The summed E-state index contributed by atoms with van der Waals surface area (Å²) < 4.78 is 2.67. The van der Waals surface area contributed by atoms with Gasteiger partial charge in [-0.15, -0.1) is 59.7 Å². The first-order valence-corrected chi connectivity index (χ1v) is 19.0. The van der Waals surface area contributed by atoms with Gasteiger partial charge in [0, 0.05) is 37.2 Å². The summed E-state index contributed by atoms with van der Waals surface area (Å²) in [5.41, 5.74) is 5.72. The third-order valence-corrected chi connectivity index (χ3v) is 11.3. The maximum Gasteiger partial charge on any atom is 0.0783 e. The van der Waals surface area contributed by atoms with Gasteiger partial charge in [0.1, 0.15) is 0 Å². The van der Waals surface area contributed by atoms with Crippen LogP contribution in [0.15, 0.2) is 97.3 Å². The number of hydrogen-bond acceptors (Lipinski definition) is 3. The van der Waals surface area contributed by atoms with Crippen LogP contribution in [-0.2, 0) is 20.1 Å². The molecule has 0 saturated heterocycles. The van der Waals surface area contributed by atoms with Crippen LogP contribution in [0.4, 0.5) is 0 Å². The van der Waals surface area contributed by atoms with E-state index >= 15 is 0 Å². The molecule has 0 amide bonds. The van der Waals surface area contributed by atoms with Crippen molar-refractivity contribution in [3.63, 3.8) is 0 Å². The molecule has 1 saturated carbocycles. The Morgan fingerprint density at radius 2 is 1.57 bits per heavy atom. The van der Waals surface area contributed by atoms with Crippen molar-refractivity contribution < 1.29 is 20.1 Å². The summed E-state index contributed by atoms with van der Waals surface area (Å²) in [7, 11) is -1.39. The van der Waals surface area contributed by atoms with Gasteiger partial charge in [-0.3, -0.25) is 0 Å². The van der Waals surface area contributed by atoms with Gasteiger partial charge in [0.15, 0.2) is 0 Å². The van der Waals surface area contributed by atoms with Crippen molar-refractivity contribution >= 4 is 44.8 Å². The molecule has 0 unspecified atom stereocenters. The van der Waals surface area contributed by atoms with Crippen LogP contribution in [-0.4, -0.2) is 18.0 Å². The third kappa shape index (κ3) is 6.66. The monoisotopic (exact) mass is 761 g/mol. The Balaban J connectivity index is 0.000000169. The molecule has 1 fully saturated rings. The van der Waals surface area contributed by atoms with E-state index in [9.17, 15) is 0 Å². The second-order valence-corrected chi connectivity index (χ2v) is 18.0. The largest absolute Gasteiger partial charge is 0.305 e. The molecule has 0 spiro atoms. The maximum absolute atomic E-state index is 4.52. The molecule has 0 aliphatic heterocycles. The second kappa shape index (κ2) is 13.6. The Morgan fingerprint density at radius 3 is 2.31 bits per heavy atom. The normalized spacial score (nSPS) is 13.8. The Hall–Kier alpha value is -2.95. The molecule has 6 aromatic rings. The molecule has 2 nitrogen and oxygen atoms in total. The van der Waals surface area contributed by atoms with Gasteiger partial charge in [0.05, 0.1) is 8.07 Å². The SMILES string of the molecule is C[Si](C)(C)c1cccc2sc3c(-c4ccccn4)[c-]ccc3c12.[Ir].[c-]1ccccc1-c1cc(C2CCCCC2)ccn1. The van der Waals surface area contributed by atoms with Crippen LogP contribution < -0.4 is 5.19 Å². The molecule has 1 aliphatic carbocycles. The molecule has 3 heterocycles. The van der Waals surface area contributed by atoms with Gasteiger partial charge in [0.2, 0.25) is 0 Å². The zero-order valence-electron chi connectivity index (χ0n) is 24.5. The fourth-order valence-corrected chi connectivity index (χ4v) is 8.89. The van der Waals surface area contributed by atoms with Crippen LogP contribution in [0.1, 0.15) is 43.6 Å². The molecule has 0 bridgehead atoms. The summed E-state index contributed by atoms with van der Waals surface area (Å²) in [6.45, 7) is 7.25. The number of nitrogens with zero attached hydrogens (tertiary/aromatic N) is 2. The van der Waals surface area contributed by atoms with Crippen LogP contribution in [0, 0.1) is 12.1 Å². The van der Waals surface area contributed by atoms with E-state index in [1.807, 2.05) is 60.1 Å².